The monoisotopic (exact) mass is 510 g/mol. The third-order valence-electron chi connectivity index (χ3n) is 4.63. The van der Waals surface area contributed by atoms with Crippen molar-refractivity contribution in [2.75, 3.05) is 7.11 Å². The Bertz CT molecular complexity index is 1020. The minimum absolute atomic E-state index is 0.268. The summed E-state index contributed by atoms with van der Waals surface area (Å²) < 4.78 is 22.7. The number of methoxy groups -OCH3 is 1. The van der Waals surface area contributed by atoms with Gasteiger partial charge in [-0.05, 0) is 49.3 Å². The molecule has 3 rings (SSSR count). The van der Waals surface area contributed by atoms with E-state index in [4.69, 9.17) is 4.43 Å². The fraction of sp³-hybridized carbons (Fsp3) is 0.429. The number of hydrogen-bond donors (Lipinski definition) is 3. The van der Waals surface area contributed by atoms with Crippen LogP contribution in [0.4, 0.5) is 4.79 Å². The van der Waals surface area contributed by atoms with Crippen molar-refractivity contribution in [3.63, 3.8) is 0 Å². The molecule has 34 heavy (non-hydrogen) atoms. The van der Waals surface area contributed by atoms with E-state index < -0.39 is 54.2 Å². The molecule has 1 saturated heterocycles. The van der Waals surface area contributed by atoms with Crippen LogP contribution in [0.5, 0.6) is 0 Å². The van der Waals surface area contributed by atoms with Gasteiger partial charge < -0.3 is 14.5 Å². The maximum Gasteiger partial charge on any atom is 0.422 e. The molecule has 3 unspecified atom stereocenters. The molecule has 13 heteroatoms. The molecular formula is C21H30N4O7SSi. The van der Waals surface area contributed by atoms with Crippen LogP contribution in [0, 0.1) is 0 Å². The van der Waals surface area contributed by atoms with Gasteiger partial charge in [-0.3, -0.25) is 19.3 Å². The van der Waals surface area contributed by atoms with E-state index in [0.717, 1.165) is 12.0 Å². The van der Waals surface area contributed by atoms with E-state index in [1.807, 2.05) is 5.43 Å². The zero-order chi connectivity index (χ0) is 25.8. The molecule has 2 aliphatic carbocycles. The van der Waals surface area contributed by atoms with Gasteiger partial charge in [-0.1, -0.05) is 24.8 Å². The van der Waals surface area contributed by atoms with E-state index in [-0.39, 0.29) is 12.0 Å². The molecular weight excluding hydrogens is 480 g/mol. The van der Waals surface area contributed by atoms with Gasteiger partial charge in [-0.25, -0.2) is 14.4 Å². The van der Waals surface area contributed by atoms with E-state index in [1.165, 1.54) is 25.0 Å². The molecule has 3 atom stereocenters. The number of nitrogens with zero attached hydrogens (tertiary/aromatic N) is 1. The molecule has 11 nitrogen and oxygen atoms in total. The van der Waals surface area contributed by atoms with Crippen LogP contribution in [0.3, 0.4) is 0 Å². The SMILES string of the molecule is C=C(C)C(C(=O)O[Si](C)(C)C)N1C(=O)CC1(NC(C)=O)S(=O)NNC(=O)OC.c1cc2cc-2c1. The van der Waals surface area contributed by atoms with Crippen molar-refractivity contribution < 1.29 is 32.5 Å². The van der Waals surface area contributed by atoms with Crippen LogP contribution in [0.25, 0.3) is 11.1 Å². The summed E-state index contributed by atoms with van der Waals surface area (Å²) in [5.74, 6) is -1.86. The highest BCUT2D eigenvalue weighted by atomic mass is 32.2. The number of benzene rings is 1. The maximum atomic E-state index is 12.8. The summed E-state index contributed by atoms with van der Waals surface area (Å²) in [7, 11) is -3.44. The number of carbonyl (C=O) groups excluding carboxylic acids is 4. The molecule has 0 aromatic rings. The van der Waals surface area contributed by atoms with Crippen LogP contribution < -0.4 is 15.6 Å². The molecule has 0 radical (unpaired) electrons. The van der Waals surface area contributed by atoms with Crippen LogP contribution in [0.2, 0.25) is 19.6 Å². The van der Waals surface area contributed by atoms with Crippen molar-refractivity contribution in [1.82, 2.24) is 20.5 Å². The van der Waals surface area contributed by atoms with E-state index in [9.17, 15) is 23.4 Å². The minimum atomic E-state index is -2.31. The Labute approximate surface area is 201 Å². The number of ether oxygens (including phenoxy) is 1. The lowest BCUT2D eigenvalue weighted by Crippen LogP contribution is -2.79. The Morgan fingerprint density at radius 2 is 1.79 bits per heavy atom. The van der Waals surface area contributed by atoms with E-state index in [2.05, 4.69) is 45.7 Å². The van der Waals surface area contributed by atoms with Crippen LogP contribution in [-0.2, 0) is 34.5 Å². The molecule has 3 aliphatic rings. The number of amides is 3. The number of likely N-dealkylation sites (tertiary alicyclic amines) is 1. The first-order chi connectivity index (χ1) is 15.7. The molecule has 1 fully saturated rings. The first kappa shape index (κ1) is 27.2. The first-order valence-electron chi connectivity index (χ1n) is 10.3. The molecule has 3 N–H and O–H groups in total. The number of fused-ring (bicyclic) bond motifs is 1. The highest BCUT2D eigenvalue weighted by molar-refractivity contribution is 7.84. The molecule has 3 amide bonds. The summed E-state index contributed by atoms with van der Waals surface area (Å²) in [6.45, 7) is 11.8. The molecule has 0 bridgehead atoms. The van der Waals surface area contributed by atoms with Crippen molar-refractivity contribution in [3.8, 4) is 11.1 Å². The van der Waals surface area contributed by atoms with Gasteiger partial charge in [0, 0.05) is 6.92 Å². The molecule has 0 aromatic heterocycles. The summed E-state index contributed by atoms with van der Waals surface area (Å²) >= 11 is 0. The molecule has 1 heterocycles. The predicted molar refractivity (Wildman–Crippen MR) is 128 cm³/mol. The number of nitrogens with one attached hydrogen (secondary N) is 3. The Kier molecular flexibility index (Phi) is 8.39. The third kappa shape index (κ3) is 6.52. The first-order valence-corrected chi connectivity index (χ1v) is 14.9. The zero-order valence-electron chi connectivity index (χ0n) is 20.0. The van der Waals surface area contributed by atoms with Gasteiger partial charge in [-0.15, -0.1) is 4.83 Å². The maximum absolute atomic E-state index is 12.8. The molecule has 186 valence electrons. The number of hydrogen-bond acceptors (Lipinski definition) is 7. The second kappa shape index (κ2) is 10.5. The van der Waals surface area contributed by atoms with E-state index in [1.54, 1.807) is 19.6 Å². The van der Waals surface area contributed by atoms with Crippen molar-refractivity contribution in [2.45, 2.75) is 50.9 Å². The summed E-state index contributed by atoms with van der Waals surface area (Å²) in [4.78, 5) is 49.5. The predicted octanol–water partition coefficient (Wildman–Crippen LogP) is 1.52. The Morgan fingerprint density at radius 3 is 2.15 bits per heavy atom. The summed E-state index contributed by atoms with van der Waals surface area (Å²) in [6, 6.07) is 7.22. The highest BCUT2D eigenvalue weighted by Crippen LogP contribution is 2.37. The number of carbonyl (C=O) groups is 4. The zero-order valence-corrected chi connectivity index (χ0v) is 21.8. The quantitative estimate of drug-likeness (QED) is 0.211. The molecule has 1 aliphatic heterocycles. The fourth-order valence-corrected chi connectivity index (χ4v) is 5.14. The van der Waals surface area contributed by atoms with Crippen molar-refractivity contribution >= 4 is 43.2 Å². The lowest BCUT2D eigenvalue weighted by atomic mass is 10.00. The summed E-state index contributed by atoms with van der Waals surface area (Å²) in [5.41, 5.74) is 5.14. The van der Waals surface area contributed by atoms with E-state index in [0.29, 0.717) is 0 Å². The van der Waals surface area contributed by atoms with Crippen LogP contribution >= 0.6 is 0 Å². The summed E-state index contributed by atoms with van der Waals surface area (Å²) in [5, 5.41) is 2.44. The molecule has 0 saturated carbocycles. The van der Waals surface area contributed by atoms with Crippen LogP contribution in [-0.4, -0.2) is 59.4 Å². The van der Waals surface area contributed by atoms with Crippen molar-refractivity contribution in [1.29, 1.82) is 0 Å². The summed E-state index contributed by atoms with van der Waals surface area (Å²) in [6.07, 6.45) is -1.29. The van der Waals surface area contributed by atoms with Gasteiger partial charge in [0.2, 0.25) is 25.1 Å². The van der Waals surface area contributed by atoms with Crippen molar-refractivity contribution in [2.24, 2.45) is 0 Å². The highest BCUT2D eigenvalue weighted by Gasteiger charge is 2.61. The largest absolute Gasteiger partial charge is 0.518 e. The molecule has 0 spiro atoms. The number of hydrazine groups is 1. The average Bonchev–Trinajstić information content (AvgIpc) is 3.31. The fourth-order valence-electron chi connectivity index (χ4n) is 3.20. The van der Waals surface area contributed by atoms with E-state index >= 15 is 0 Å². The van der Waals surface area contributed by atoms with Crippen molar-refractivity contribution in [3.05, 3.63) is 36.4 Å². The second-order valence-corrected chi connectivity index (χ2v) is 14.6. The Morgan fingerprint density at radius 1 is 1.21 bits per heavy atom. The van der Waals surface area contributed by atoms with Gasteiger partial charge in [0.05, 0.1) is 13.5 Å². The smallest absolute Gasteiger partial charge is 0.422 e. The third-order valence-corrected chi connectivity index (χ3v) is 6.78. The van der Waals surface area contributed by atoms with Crippen LogP contribution in [0.1, 0.15) is 20.3 Å². The van der Waals surface area contributed by atoms with Gasteiger partial charge in [0.25, 0.3) is 0 Å². The lowest BCUT2D eigenvalue weighted by molar-refractivity contribution is -0.165. The normalized spacial score (nSPS) is 19.4. The topological polar surface area (TPSA) is 143 Å². The number of β-lactam (4-membered cyclic amide) rings is 1. The minimum Gasteiger partial charge on any atom is -0.518 e. The van der Waals surface area contributed by atoms with Gasteiger partial charge >= 0.3 is 12.1 Å². The molecule has 0 aromatic carbocycles. The lowest BCUT2D eigenvalue weighted by Gasteiger charge is -2.53. The average molecular weight is 511 g/mol. The van der Waals surface area contributed by atoms with Gasteiger partial charge in [0.1, 0.15) is 0 Å². The van der Waals surface area contributed by atoms with Crippen LogP contribution in [0.15, 0.2) is 36.4 Å². The van der Waals surface area contributed by atoms with Gasteiger partial charge in [0.15, 0.2) is 17.0 Å². The van der Waals surface area contributed by atoms with Gasteiger partial charge in [-0.2, -0.15) is 0 Å². The Balaban J connectivity index is 0.000000574. The standard InChI is InChI=1S/C15H26N4O7SSi.C6H4/c1-9(2)12(13(22)26-28(5,6)7)19-11(21)8-15(19,16-10(3)20)27(24)18-17-14(23)25-4;1-2-5-4-6(5)3-1/h12,18H,1,8H2,2-7H3,(H,16,20)(H,17,23);1-4H. The number of rotatable bonds is 8. The second-order valence-electron chi connectivity index (χ2n) is 8.76. The Hall–Kier alpha value is -3.03.